The fourth-order valence-corrected chi connectivity index (χ4v) is 2.24. The summed E-state index contributed by atoms with van der Waals surface area (Å²) in [6, 6.07) is 9.34. The molecule has 18 heavy (non-hydrogen) atoms. The Bertz CT molecular complexity index is 400. The predicted octanol–water partition coefficient (Wildman–Crippen LogP) is 2.97. The first-order chi connectivity index (χ1) is 8.29. The molecule has 0 heterocycles. The summed E-state index contributed by atoms with van der Waals surface area (Å²) in [5.74, 6) is -0.388. The second-order valence-electron chi connectivity index (χ2n) is 5.28. The molecule has 1 aromatic carbocycles. The molecule has 0 amide bonds. The van der Waals surface area contributed by atoms with E-state index < -0.39 is 11.1 Å². The lowest BCUT2D eigenvalue weighted by atomic mass is 9.88. The van der Waals surface area contributed by atoms with Crippen LogP contribution < -0.4 is 5.73 Å². The maximum atomic E-state index is 12.3. The lowest BCUT2D eigenvalue weighted by Crippen LogP contribution is -2.48. The number of halogens is 1. The van der Waals surface area contributed by atoms with Crippen molar-refractivity contribution in [3.8, 4) is 0 Å². The average molecular weight is 314 g/mol. The monoisotopic (exact) mass is 313 g/mol. The first kappa shape index (κ1) is 15.2. The zero-order chi connectivity index (χ0) is 13.8. The molecule has 0 aliphatic carbocycles. The summed E-state index contributed by atoms with van der Waals surface area (Å²) in [6.45, 7) is 5.51. The fraction of sp³-hybridized carbons (Fsp3) is 0.500. The van der Waals surface area contributed by atoms with Gasteiger partial charge in [0.1, 0.15) is 11.1 Å². The largest absolute Gasteiger partial charge is 0.458 e. The Balaban J connectivity index is 3.04. The van der Waals surface area contributed by atoms with Crippen LogP contribution in [0.2, 0.25) is 0 Å². The standard InChI is InChI=1S/C14H20BrNO2/c1-13(2,3)18-12(17)14(16,9-10-15)11-7-5-4-6-8-11/h4-8H,9-10,16H2,1-3H3. The Morgan fingerprint density at radius 1 is 1.28 bits per heavy atom. The number of hydrogen-bond acceptors (Lipinski definition) is 3. The van der Waals surface area contributed by atoms with E-state index in [1.54, 1.807) is 0 Å². The van der Waals surface area contributed by atoms with E-state index in [9.17, 15) is 4.79 Å². The van der Waals surface area contributed by atoms with Crippen molar-refractivity contribution in [2.75, 3.05) is 5.33 Å². The number of rotatable bonds is 4. The SMILES string of the molecule is CC(C)(C)OC(=O)C(N)(CCBr)c1ccccc1. The summed E-state index contributed by atoms with van der Waals surface area (Å²) < 4.78 is 5.43. The van der Waals surface area contributed by atoms with Gasteiger partial charge in [-0.1, -0.05) is 46.3 Å². The van der Waals surface area contributed by atoms with Crippen LogP contribution in [0.25, 0.3) is 0 Å². The zero-order valence-electron chi connectivity index (χ0n) is 11.1. The lowest BCUT2D eigenvalue weighted by Gasteiger charge is -2.31. The van der Waals surface area contributed by atoms with Gasteiger partial charge in [-0.15, -0.1) is 0 Å². The van der Waals surface area contributed by atoms with Gasteiger partial charge in [0.15, 0.2) is 0 Å². The molecule has 1 rings (SSSR count). The van der Waals surface area contributed by atoms with E-state index in [1.165, 1.54) is 0 Å². The third-order valence-electron chi connectivity index (χ3n) is 2.54. The van der Waals surface area contributed by atoms with Gasteiger partial charge in [0.2, 0.25) is 0 Å². The highest BCUT2D eigenvalue weighted by molar-refractivity contribution is 9.09. The molecule has 4 heteroatoms. The smallest absolute Gasteiger partial charge is 0.331 e. The van der Waals surface area contributed by atoms with Crippen LogP contribution in [0.1, 0.15) is 32.8 Å². The lowest BCUT2D eigenvalue weighted by molar-refractivity contribution is -0.162. The van der Waals surface area contributed by atoms with E-state index in [4.69, 9.17) is 10.5 Å². The average Bonchev–Trinajstić information content (AvgIpc) is 2.28. The van der Waals surface area contributed by atoms with Crippen LogP contribution >= 0.6 is 15.9 Å². The second-order valence-corrected chi connectivity index (χ2v) is 6.07. The zero-order valence-corrected chi connectivity index (χ0v) is 12.7. The van der Waals surface area contributed by atoms with E-state index in [0.717, 1.165) is 5.56 Å². The molecule has 2 N–H and O–H groups in total. The third kappa shape index (κ3) is 3.82. The number of hydrogen-bond donors (Lipinski definition) is 1. The van der Waals surface area contributed by atoms with Crippen LogP contribution in [0.5, 0.6) is 0 Å². The Hall–Kier alpha value is -0.870. The Morgan fingerprint density at radius 2 is 1.83 bits per heavy atom. The molecular weight excluding hydrogens is 294 g/mol. The van der Waals surface area contributed by atoms with Crippen molar-refractivity contribution in [1.82, 2.24) is 0 Å². The van der Waals surface area contributed by atoms with Crippen LogP contribution in [-0.2, 0) is 15.1 Å². The molecule has 1 aromatic rings. The Labute approximate surface area is 117 Å². The number of carbonyl (C=O) groups excluding carboxylic acids is 1. The minimum Gasteiger partial charge on any atom is -0.458 e. The molecule has 0 radical (unpaired) electrons. The Kier molecular flexibility index (Phi) is 4.93. The summed E-state index contributed by atoms with van der Waals surface area (Å²) in [4.78, 5) is 12.3. The summed E-state index contributed by atoms with van der Waals surface area (Å²) in [7, 11) is 0. The molecule has 1 unspecified atom stereocenters. The van der Waals surface area contributed by atoms with Crippen LogP contribution in [-0.4, -0.2) is 16.9 Å². The van der Waals surface area contributed by atoms with Crippen LogP contribution in [0.4, 0.5) is 0 Å². The number of ether oxygens (including phenoxy) is 1. The minimum atomic E-state index is -1.10. The highest BCUT2D eigenvalue weighted by atomic mass is 79.9. The molecule has 0 saturated carbocycles. The number of carbonyl (C=O) groups is 1. The van der Waals surface area contributed by atoms with Gasteiger partial charge >= 0.3 is 5.97 Å². The summed E-state index contributed by atoms with van der Waals surface area (Å²) in [6.07, 6.45) is 0.492. The molecule has 1 atom stereocenters. The van der Waals surface area contributed by atoms with Crippen molar-refractivity contribution in [2.24, 2.45) is 5.73 Å². The van der Waals surface area contributed by atoms with E-state index in [-0.39, 0.29) is 5.97 Å². The van der Waals surface area contributed by atoms with Gasteiger partial charge in [0.25, 0.3) is 0 Å². The Morgan fingerprint density at radius 3 is 2.28 bits per heavy atom. The summed E-state index contributed by atoms with van der Waals surface area (Å²) in [5, 5.41) is 0.637. The second kappa shape index (κ2) is 5.85. The molecule has 0 aliphatic rings. The van der Waals surface area contributed by atoms with Crippen LogP contribution in [0.3, 0.4) is 0 Å². The molecule has 0 saturated heterocycles. The fourth-order valence-electron chi connectivity index (χ4n) is 1.62. The first-order valence-corrected chi connectivity index (χ1v) is 7.05. The molecule has 0 spiro atoms. The highest BCUT2D eigenvalue weighted by Crippen LogP contribution is 2.26. The molecule has 0 aromatic heterocycles. The molecule has 0 bridgehead atoms. The van der Waals surface area contributed by atoms with Crippen LogP contribution in [0.15, 0.2) is 30.3 Å². The number of nitrogens with two attached hydrogens (primary N) is 1. The molecule has 3 nitrogen and oxygen atoms in total. The summed E-state index contributed by atoms with van der Waals surface area (Å²) in [5.41, 5.74) is 5.41. The molecule has 0 aliphatic heterocycles. The maximum Gasteiger partial charge on any atom is 0.331 e. The third-order valence-corrected chi connectivity index (χ3v) is 2.94. The van der Waals surface area contributed by atoms with E-state index in [1.807, 2.05) is 51.1 Å². The van der Waals surface area contributed by atoms with Gasteiger partial charge in [-0.25, -0.2) is 4.79 Å². The van der Waals surface area contributed by atoms with E-state index >= 15 is 0 Å². The summed E-state index contributed by atoms with van der Waals surface area (Å²) >= 11 is 3.34. The van der Waals surface area contributed by atoms with Crippen molar-refractivity contribution < 1.29 is 9.53 Å². The topological polar surface area (TPSA) is 52.3 Å². The maximum absolute atomic E-state index is 12.3. The quantitative estimate of drug-likeness (QED) is 0.687. The van der Waals surface area contributed by atoms with Crippen molar-refractivity contribution in [1.29, 1.82) is 0 Å². The van der Waals surface area contributed by atoms with Crippen molar-refractivity contribution in [2.45, 2.75) is 38.3 Å². The van der Waals surface area contributed by atoms with Crippen molar-refractivity contribution in [3.63, 3.8) is 0 Å². The van der Waals surface area contributed by atoms with E-state index in [0.29, 0.717) is 11.8 Å². The highest BCUT2D eigenvalue weighted by Gasteiger charge is 2.38. The minimum absolute atomic E-state index is 0.388. The number of alkyl halides is 1. The first-order valence-electron chi connectivity index (χ1n) is 5.93. The van der Waals surface area contributed by atoms with Gasteiger partial charge in [-0.05, 0) is 32.8 Å². The molecular formula is C14H20BrNO2. The number of benzene rings is 1. The molecule has 100 valence electrons. The van der Waals surface area contributed by atoms with Crippen LogP contribution in [0, 0.1) is 0 Å². The van der Waals surface area contributed by atoms with Gasteiger partial charge in [-0.2, -0.15) is 0 Å². The molecule has 0 fully saturated rings. The van der Waals surface area contributed by atoms with Crippen molar-refractivity contribution in [3.05, 3.63) is 35.9 Å². The van der Waals surface area contributed by atoms with Gasteiger partial charge in [0, 0.05) is 5.33 Å². The normalized spacial score (nSPS) is 14.9. The van der Waals surface area contributed by atoms with Gasteiger partial charge in [-0.3, -0.25) is 0 Å². The predicted molar refractivity (Wildman–Crippen MR) is 76.6 cm³/mol. The van der Waals surface area contributed by atoms with Crippen molar-refractivity contribution >= 4 is 21.9 Å². The van der Waals surface area contributed by atoms with E-state index in [2.05, 4.69) is 15.9 Å². The number of esters is 1. The van der Waals surface area contributed by atoms with Gasteiger partial charge < -0.3 is 10.5 Å². The van der Waals surface area contributed by atoms with Gasteiger partial charge in [0.05, 0.1) is 0 Å².